The first-order valence-electron chi connectivity index (χ1n) is 8.60. The summed E-state index contributed by atoms with van der Waals surface area (Å²) in [7, 11) is 0. The van der Waals surface area contributed by atoms with Crippen LogP contribution in [0.2, 0.25) is 0 Å². The molecule has 1 aliphatic carbocycles. The van der Waals surface area contributed by atoms with Gasteiger partial charge in [0.2, 0.25) is 5.82 Å². The van der Waals surface area contributed by atoms with Crippen molar-refractivity contribution in [2.45, 2.75) is 32.3 Å². The lowest BCUT2D eigenvalue weighted by Crippen LogP contribution is -2.10. The fraction of sp³-hybridized carbons (Fsp3) is 0.350. The van der Waals surface area contributed by atoms with Gasteiger partial charge in [0.15, 0.2) is 11.6 Å². The van der Waals surface area contributed by atoms with E-state index in [4.69, 9.17) is 14.6 Å². The minimum atomic E-state index is -1.53. The number of benzene rings is 2. The number of carbonyl (C=O) groups is 1. The van der Waals surface area contributed by atoms with Crippen molar-refractivity contribution in [3.05, 3.63) is 59.2 Å². The molecule has 1 atom stereocenters. The summed E-state index contributed by atoms with van der Waals surface area (Å²) in [6, 6.07) is 9.47. The molecule has 0 heterocycles. The van der Waals surface area contributed by atoms with Crippen LogP contribution >= 0.6 is 0 Å². The van der Waals surface area contributed by atoms with Gasteiger partial charge in [-0.15, -0.1) is 0 Å². The van der Waals surface area contributed by atoms with Crippen LogP contribution in [0.1, 0.15) is 48.2 Å². The van der Waals surface area contributed by atoms with Crippen molar-refractivity contribution < 1.29 is 28.2 Å². The molecular weight excluding hydrogens is 342 g/mol. The summed E-state index contributed by atoms with van der Waals surface area (Å²) in [6.45, 7) is 2.54. The lowest BCUT2D eigenvalue weighted by Gasteiger charge is -2.19. The summed E-state index contributed by atoms with van der Waals surface area (Å²) < 4.78 is 39.4. The maximum absolute atomic E-state index is 14.1. The second-order valence-electron chi connectivity index (χ2n) is 6.39. The zero-order valence-corrected chi connectivity index (χ0v) is 14.4. The largest absolute Gasteiger partial charge is 0.493 e. The van der Waals surface area contributed by atoms with Crippen LogP contribution in [-0.4, -0.2) is 17.7 Å². The number of rotatable bonds is 8. The molecule has 2 aromatic rings. The highest BCUT2D eigenvalue weighted by molar-refractivity contribution is 5.88. The SMILES string of the molecule is CC[C@@H](Oc1ccc(C(=O)O)c(F)c1F)c1cccc(OCC2CC2)c1. The summed E-state index contributed by atoms with van der Waals surface area (Å²) in [5.74, 6) is -3.23. The molecule has 0 spiro atoms. The van der Waals surface area contributed by atoms with E-state index in [1.54, 1.807) is 0 Å². The highest BCUT2D eigenvalue weighted by Gasteiger charge is 2.23. The third kappa shape index (κ3) is 4.12. The molecule has 0 radical (unpaired) electrons. The third-order valence-corrected chi connectivity index (χ3v) is 4.33. The minimum absolute atomic E-state index is 0.316. The predicted molar refractivity (Wildman–Crippen MR) is 91.6 cm³/mol. The molecule has 1 saturated carbocycles. The number of carboxylic acids is 1. The standard InChI is InChI=1S/C20H20F2O4/c1-2-16(13-4-3-5-14(10-13)25-11-12-6-7-12)26-17-9-8-15(20(23)24)18(21)19(17)22/h3-5,8-10,12,16H,2,6-7,11H2,1H3,(H,23,24)/t16-/m1/s1. The van der Waals surface area contributed by atoms with Gasteiger partial charge < -0.3 is 14.6 Å². The Balaban J connectivity index is 1.78. The molecule has 26 heavy (non-hydrogen) atoms. The summed E-state index contributed by atoms with van der Waals surface area (Å²) in [5.41, 5.74) is 0.0567. The second-order valence-corrected chi connectivity index (χ2v) is 6.39. The van der Waals surface area contributed by atoms with Crippen molar-refractivity contribution in [2.24, 2.45) is 5.92 Å². The number of hydrogen-bond acceptors (Lipinski definition) is 3. The number of carboxylic acid groups (broad SMARTS) is 1. The summed E-state index contributed by atoms with van der Waals surface area (Å²) in [6.07, 6.45) is 2.40. The van der Waals surface area contributed by atoms with Crippen LogP contribution in [0.3, 0.4) is 0 Å². The average molecular weight is 362 g/mol. The number of ether oxygens (including phenoxy) is 2. The van der Waals surface area contributed by atoms with E-state index in [-0.39, 0.29) is 5.75 Å². The maximum atomic E-state index is 14.1. The summed E-state index contributed by atoms with van der Waals surface area (Å²) >= 11 is 0. The van der Waals surface area contributed by atoms with Crippen molar-refractivity contribution in [3.8, 4) is 11.5 Å². The Labute approximate surface area is 150 Å². The Morgan fingerprint density at radius 2 is 2.00 bits per heavy atom. The van der Waals surface area contributed by atoms with E-state index in [1.165, 1.54) is 12.8 Å². The van der Waals surface area contributed by atoms with Crippen LogP contribution in [-0.2, 0) is 0 Å². The molecule has 6 heteroatoms. The number of aromatic carboxylic acids is 1. The molecule has 0 saturated heterocycles. The first-order chi connectivity index (χ1) is 12.5. The van der Waals surface area contributed by atoms with Gasteiger partial charge in [-0.05, 0) is 55.0 Å². The summed E-state index contributed by atoms with van der Waals surface area (Å²) in [4.78, 5) is 10.9. The molecule has 0 aliphatic heterocycles. The Hall–Kier alpha value is -2.63. The molecule has 3 rings (SSSR count). The molecule has 0 amide bonds. The van der Waals surface area contributed by atoms with Gasteiger partial charge in [0.05, 0.1) is 12.2 Å². The Morgan fingerprint density at radius 1 is 1.23 bits per heavy atom. The zero-order valence-electron chi connectivity index (χ0n) is 14.4. The summed E-state index contributed by atoms with van der Waals surface area (Å²) in [5, 5.41) is 8.85. The predicted octanol–water partition coefficient (Wildman–Crippen LogP) is 4.98. The van der Waals surface area contributed by atoms with E-state index in [2.05, 4.69) is 0 Å². The average Bonchev–Trinajstić information content (AvgIpc) is 3.45. The molecule has 0 aromatic heterocycles. The van der Waals surface area contributed by atoms with Crippen LogP contribution in [0.25, 0.3) is 0 Å². The van der Waals surface area contributed by atoms with Gasteiger partial charge in [0.25, 0.3) is 0 Å². The lowest BCUT2D eigenvalue weighted by molar-refractivity contribution is 0.0690. The molecule has 0 unspecified atom stereocenters. The maximum Gasteiger partial charge on any atom is 0.338 e. The van der Waals surface area contributed by atoms with Gasteiger partial charge in [-0.2, -0.15) is 4.39 Å². The molecule has 4 nitrogen and oxygen atoms in total. The number of hydrogen-bond donors (Lipinski definition) is 1. The van der Waals surface area contributed by atoms with E-state index in [0.29, 0.717) is 24.7 Å². The van der Waals surface area contributed by atoms with Gasteiger partial charge in [0.1, 0.15) is 11.9 Å². The van der Waals surface area contributed by atoms with Crippen LogP contribution < -0.4 is 9.47 Å². The lowest BCUT2D eigenvalue weighted by atomic mass is 10.1. The van der Waals surface area contributed by atoms with Gasteiger partial charge in [-0.3, -0.25) is 0 Å². The van der Waals surface area contributed by atoms with Crippen LogP contribution in [0.4, 0.5) is 8.78 Å². The van der Waals surface area contributed by atoms with Gasteiger partial charge in [0, 0.05) is 0 Å². The van der Waals surface area contributed by atoms with Crippen molar-refractivity contribution in [1.29, 1.82) is 0 Å². The van der Waals surface area contributed by atoms with Gasteiger partial charge in [-0.25, -0.2) is 9.18 Å². The van der Waals surface area contributed by atoms with Crippen molar-refractivity contribution in [2.75, 3.05) is 6.61 Å². The van der Waals surface area contributed by atoms with Gasteiger partial charge >= 0.3 is 5.97 Å². The molecule has 138 valence electrons. The highest BCUT2D eigenvalue weighted by Crippen LogP contribution is 2.32. The number of halogens is 2. The Kier molecular flexibility index (Phi) is 5.40. The van der Waals surface area contributed by atoms with E-state index in [9.17, 15) is 13.6 Å². The van der Waals surface area contributed by atoms with Gasteiger partial charge in [-0.1, -0.05) is 19.1 Å². The third-order valence-electron chi connectivity index (χ3n) is 4.33. The first-order valence-corrected chi connectivity index (χ1v) is 8.60. The molecule has 2 aromatic carbocycles. The van der Waals surface area contributed by atoms with Crippen molar-refractivity contribution >= 4 is 5.97 Å². The first kappa shape index (κ1) is 18.2. The van der Waals surface area contributed by atoms with E-state index in [0.717, 1.165) is 17.7 Å². The molecule has 1 aliphatic rings. The molecule has 1 fully saturated rings. The van der Waals surface area contributed by atoms with Crippen molar-refractivity contribution in [1.82, 2.24) is 0 Å². The monoisotopic (exact) mass is 362 g/mol. The Morgan fingerprint density at radius 3 is 2.65 bits per heavy atom. The minimum Gasteiger partial charge on any atom is -0.493 e. The fourth-order valence-corrected chi connectivity index (χ4v) is 2.63. The van der Waals surface area contributed by atoms with Crippen LogP contribution in [0, 0.1) is 17.6 Å². The van der Waals surface area contributed by atoms with E-state index >= 15 is 0 Å². The highest BCUT2D eigenvalue weighted by atomic mass is 19.2. The quantitative estimate of drug-likeness (QED) is 0.719. The van der Waals surface area contributed by atoms with Crippen molar-refractivity contribution in [3.63, 3.8) is 0 Å². The molecule has 1 N–H and O–H groups in total. The fourth-order valence-electron chi connectivity index (χ4n) is 2.63. The normalized spacial score (nSPS) is 14.7. The van der Waals surface area contributed by atoms with Crippen LogP contribution in [0.5, 0.6) is 11.5 Å². The zero-order chi connectivity index (χ0) is 18.7. The van der Waals surface area contributed by atoms with E-state index in [1.807, 2.05) is 31.2 Å². The molecule has 0 bridgehead atoms. The second kappa shape index (κ2) is 7.72. The van der Waals surface area contributed by atoms with Crippen LogP contribution in [0.15, 0.2) is 36.4 Å². The smallest absolute Gasteiger partial charge is 0.338 e. The van der Waals surface area contributed by atoms with E-state index < -0.39 is 29.3 Å². The Bertz CT molecular complexity index is 802. The topological polar surface area (TPSA) is 55.8 Å². The molecular formula is C20H20F2O4.